The van der Waals surface area contributed by atoms with Gasteiger partial charge in [-0.2, -0.15) is 0 Å². The molecule has 2 heterocycles. The number of fused-ring (bicyclic) bond motifs is 1. The van der Waals surface area contributed by atoms with Crippen LogP contribution in [-0.2, 0) is 16.0 Å². The van der Waals surface area contributed by atoms with Gasteiger partial charge in [-0.3, -0.25) is 9.59 Å². The maximum Gasteiger partial charge on any atom is 0.311 e. The standard InChI is InChI=1S/C19H19NO4S/c1-12(2)24-15-6-4-5-13(7-15)16-9-18-20(17(16)10-21)14(11-25-18)8-19(22)23-3/h4-7,9-12H,8H2,1-3H3. The van der Waals surface area contributed by atoms with Crippen LogP contribution in [-0.4, -0.2) is 29.9 Å². The number of hydrogen-bond donors (Lipinski definition) is 0. The van der Waals surface area contributed by atoms with Crippen molar-refractivity contribution in [1.29, 1.82) is 0 Å². The van der Waals surface area contributed by atoms with E-state index in [0.29, 0.717) is 5.69 Å². The average Bonchev–Trinajstić information content (AvgIpc) is 3.14. The van der Waals surface area contributed by atoms with Crippen molar-refractivity contribution in [2.45, 2.75) is 26.4 Å². The van der Waals surface area contributed by atoms with Crippen molar-refractivity contribution in [3.05, 3.63) is 47.1 Å². The monoisotopic (exact) mass is 357 g/mol. The Balaban J connectivity index is 2.08. The Morgan fingerprint density at radius 2 is 2.12 bits per heavy atom. The molecule has 130 valence electrons. The predicted octanol–water partition coefficient (Wildman–Crippen LogP) is 3.98. The molecule has 25 heavy (non-hydrogen) atoms. The SMILES string of the molecule is COC(=O)Cc1csc2cc(-c3cccc(OC(C)C)c3)c(C=O)n12. The van der Waals surface area contributed by atoms with Crippen LogP contribution in [0.2, 0.25) is 0 Å². The minimum Gasteiger partial charge on any atom is -0.491 e. The maximum absolute atomic E-state index is 11.8. The lowest BCUT2D eigenvalue weighted by Gasteiger charge is -2.11. The molecule has 6 heteroatoms. The second-order valence-corrected chi connectivity index (χ2v) is 6.80. The molecule has 1 aromatic carbocycles. The minimum absolute atomic E-state index is 0.0741. The van der Waals surface area contributed by atoms with Crippen LogP contribution < -0.4 is 4.74 Å². The van der Waals surface area contributed by atoms with Gasteiger partial charge in [-0.25, -0.2) is 0 Å². The number of hydrogen-bond acceptors (Lipinski definition) is 5. The summed E-state index contributed by atoms with van der Waals surface area (Å²) in [6.07, 6.45) is 1.03. The summed E-state index contributed by atoms with van der Waals surface area (Å²) in [5, 5.41) is 1.88. The summed E-state index contributed by atoms with van der Waals surface area (Å²) in [7, 11) is 1.36. The summed E-state index contributed by atoms with van der Waals surface area (Å²) in [4.78, 5) is 24.3. The molecule has 3 aromatic rings. The molecule has 0 bridgehead atoms. The summed E-state index contributed by atoms with van der Waals surface area (Å²) in [5.74, 6) is 0.424. The molecule has 0 amide bonds. The molecule has 3 rings (SSSR count). The first-order chi connectivity index (χ1) is 12.0. The molecule has 0 unspecified atom stereocenters. The van der Waals surface area contributed by atoms with E-state index < -0.39 is 0 Å². The summed E-state index contributed by atoms with van der Waals surface area (Å²) in [5.41, 5.74) is 2.99. The van der Waals surface area contributed by atoms with Crippen LogP contribution in [0.3, 0.4) is 0 Å². The molecule has 0 N–H and O–H groups in total. The number of aldehydes is 1. The lowest BCUT2D eigenvalue weighted by Crippen LogP contribution is -2.07. The van der Waals surface area contributed by atoms with Gasteiger partial charge in [-0.15, -0.1) is 11.3 Å². The molecule has 0 saturated heterocycles. The first kappa shape index (κ1) is 17.2. The Morgan fingerprint density at radius 3 is 2.80 bits per heavy atom. The molecule has 5 nitrogen and oxygen atoms in total. The van der Waals surface area contributed by atoms with Crippen molar-refractivity contribution in [2.75, 3.05) is 7.11 Å². The van der Waals surface area contributed by atoms with E-state index in [0.717, 1.165) is 33.7 Å². The number of methoxy groups -OCH3 is 1. The van der Waals surface area contributed by atoms with Gasteiger partial charge in [0.05, 0.1) is 25.3 Å². The van der Waals surface area contributed by atoms with Crippen molar-refractivity contribution in [2.24, 2.45) is 0 Å². The van der Waals surface area contributed by atoms with Gasteiger partial charge < -0.3 is 13.9 Å². The van der Waals surface area contributed by atoms with E-state index in [4.69, 9.17) is 9.47 Å². The van der Waals surface area contributed by atoms with Crippen LogP contribution in [0.5, 0.6) is 5.75 Å². The van der Waals surface area contributed by atoms with E-state index in [1.54, 1.807) is 0 Å². The zero-order valence-corrected chi connectivity index (χ0v) is 15.1. The lowest BCUT2D eigenvalue weighted by molar-refractivity contribution is -0.139. The first-order valence-electron chi connectivity index (χ1n) is 7.94. The number of ether oxygens (including phenoxy) is 2. The molecular formula is C19H19NO4S. The number of benzene rings is 1. The molecule has 0 atom stereocenters. The van der Waals surface area contributed by atoms with Crippen molar-refractivity contribution in [3.63, 3.8) is 0 Å². The molecule has 0 aliphatic heterocycles. The van der Waals surface area contributed by atoms with E-state index in [9.17, 15) is 9.59 Å². The smallest absolute Gasteiger partial charge is 0.311 e. The van der Waals surface area contributed by atoms with Gasteiger partial charge in [0.1, 0.15) is 10.6 Å². The first-order valence-corrected chi connectivity index (χ1v) is 8.82. The number of thiazole rings is 1. The quantitative estimate of drug-likeness (QED) is 0.494. The number of carbonyl (C=O) groups is 2. The molecular weight excluding hydrogens is 338 g/mol. The van der Waals surface area contributed by atoms with Gasteiger partial charge in [0.2, 0.25) is 0 Å². The Bertz CT molecular complexity index is 923. The zero-order chi connectivity index (χ0) is 18.0. The molecule has 0 saturated carbocycles. The van der Waals surface area contributed by atoms with Gasteiger partial charge in [0.25, 0.3) is 0 Å². The topological polar surface area (TPSA) is 57.0 Å². The van der Waals surface area contributed by atoms with Crippen molar-refractivity contribution in [3.8, 4) is 16.9 Å². The highest BCUT2D eigenvalue weighted by molar-refractivity contribution is 7.15. The summed E-state index contributed by atoms with van der Waals surface area (Å²) in [6.45, 7) is 3.94. The number of carbonyl (C=O) groups excluding carboxylic acids is 2. The summed E-state index contributed by atoms with van der Waals surface area (Å²) < 4.78 is 12.3. The maximum atomic E-state index is 11.8. The predicted molar refractivity (Wildman–Crippen MR) is 97.6 cm³/mol. The molecule has 0 radical (unpaired) electrons. The highest BCUT2D eigenvalue weighted by Crippen LogP contribution is 2.33. The number of nitrogens with zero attached hydrogens (tertiary/aromatic N) is 1. The van der Waals surface area contributed by atoms with Crippen molar-refractivity contribution in [1.82, 2.24) is 4.40 Å². The Labute approximate surface area is 149 Å². The van der Waals surface area contributed by atoms with Crippen LogP contribution in [0.25, 0.3) is 16.0 Å². The van der Waals surface area contributed by atoms with Gasteiger partial charge in [0.15, 0.2) is 6.29 Å². The largest absolute Gasteiger partial charge is 0.491 e. The highest BCUT2D eigenvalue weighted by atomic mass is 32.1. The third-order valence-corrected chi connectivity index (χ3v) is 4.72. The number of aromatic nitrogens is 1. The van der Waals surface area contributed by atoms with E-state index in [2.05, 4.69) is 0 Å². The Kier molecular flexibility index (Phi) is 4.90. The van der Waals surface area contributed by atoms with Gasteiger partial charge >= 0.3 is 5.97 Å². The number of esters is 1. The Hall–Kier alpha value is -2.60. The van der Waals surface area contributed by atoms with E-state index in [-0.39, 0.29) is 18.5 Å². The summed E-state index contributed by atoms with van der Waals surface area (Å²) in [6, 6.07) is 9.63. The molecule has 0 spiro atoms. The van der Waals surface area contributed by atoms with Crippen LogP contribution >= 0.6 is 11.3 Å². The van der Waals surface area contributed by atoms with E-state index >= 15 is 0 Å². The third-order valence-electron chi connectivity index (χ3n) is 3.79. The molecule has 2 aromatic heterocycles. The fourth-order valence-electron chi connectivity index (χ4n) is 2.76. The van der Waals surface area contributed by atoms with E-state index in [1.807, 2.05) is 54.0 Å². The Morgan fingerprint density at radius 1 is 1.32 bits per heavy atom. The van der Waals surface area contributed by atoms with Crippen molar-refractivity contribution >= 4 is 28.4 Å². The fraction of sp³-hybridized carbons (Fsp3) is 0.263. The average molecular weight is 357 g/mol. The van der Waals surface area contributed by atoms with Crippen LogP contribution in [0.15, 0.2) is 35.7 Å². The zero-order valence-electron chi connectivity index (χ0n) is 14.3. The van der Waals surface area contributed by atoms with Gasteiger partial charge in [0, 0.05) is 16.6 Å². The highest BCUT2D eigenvalue weighted by Gasteiger charge is 2.18. The molecule has 0 aliphatic carbocycles. The number of rotatable bonds is 6. The fourth-order valence-corrected chi connectivity index (χ4v) is 3.71. The lowest BCUT2D eigenvalue weighted by atomic mass is 10.1. The minimum atomic E-state index is -0.334. The normalized spacial score (nSPS) is 11.0. The van der Waals surface area contributed by atoms with Crippen molar-refractivity contribution < 1.29 is 19.1 Å². The summed E-state index contributed by atoms with van der Waals surface area (Å²) >= 11 is 1.49. The molecule has 0 fully saturated rings. The van der Waals surface area contributed by atoms with Crippen LogP contribution in [0.1, 0.15) is 30.0 Å². The second-order valence-electron chi connectivity index (χ2n) is 5.91. The molecule has 0 aliphatic rings. The van der Waals surface area contributed by atoms with Gasteiger partial charge in [-0.05, 0) is 37.6 Å². The third kappa shape index (κ3) is 3.44. The van der Waals surface area contributed by atoms with Crippen LogP contribution in [0.4, 0.5) is 0 Å². The van der Waals surface area contributed by atoms with Gasteiger partial charge in [-0.1, -0.05) is 12.1 Å². The second kappa shape index (κ2) is 7.11. The van der Waals surface area contributed by atoms with Crippen LogP contribution in [0, 0.1) is 0 Å². The van der Waals surface area contributed by atoms with E-state index in [1.165, 1.54) is 18.4 Å².